The Bertz CT molecular complexity index is 1240. The number of rotatable bonds is 9. The number of carbonyl (C=O) groups is 1. The first-order valence-electron chi connectivity index (χ1n) is 10.1. The van der Waals surface area contributed by atoms with E-state index in [1.54, 1.807) is 49.4 Å². The largest absolute Gasteiger partial charge is 0.508 e. The van der Waals surface area contributed by atoms with Gasteiger partial charge in [0.15, 0.2) is 0 Å². The Hall–Kier alpha value is -3.69. The third-order valence-electron chi connectivity index (χ3n) is 4.80. The highest BCUT2D eigenvalue weighted by Crippen LogP contribution is 2.24. The van der Waals surface area contributed by atoms with Crippen molar-refractivity contribution in [3.05, 3.63) is 89.5 Å². The van der Waals surface area contributed by atoms with Gasteiger partial charge in [-0.15, -0.1) is 0 Å². The van der Waals surface area contributed by atoms with E-state index in [-0.39, 0.29) is 17.2 Å². The molecule has 3 aromatic rings. The predicted molar refractivity (Wildman–Crippen MR) is 126 cm³/mol. The number of benzene rings is 3. The molecule has 0 aliphatic rings. The predicted octanol–water partition coefficient (Wildman–Crippen LogP) is 3.05. The standard InChI is InChI=1S/C24H25N3O5S/c1-18-13-22(11-12-23(18)32-2)33(30,31)27(16-19-7-4-3-5-8-19)17-24(29)26-25-15-20-9-6-10-21(28)14-20/h3-15,28H,16-17H2,1-2H3,(H,26,29)/b25-15+. The number of hydrogen-bond donors (Lipinski definition) is 2. The van der Waals surface area contributed by atoms with Crippen LogP contribution in [0.25, 0.3) is 0 Å². The first-order chi connectivity index (χ1) is 15.8. The van der Waals surface area contributed by atoms with E-state index in [9.17, 15) is 18.3 Å². The van der Waals surface area contributed by atoms with Crippen molar-refractivity contribution in [3.63, 3.8) is 0 Å². The van der Waals surface area contributed by atoms with E-state index in [1.807, 2.05) is 6.07 Å². The number of aromatic hydroxyl groups is 1. The number of aryl methyl sites for hydroxylation is 1. The Balaban J connectivity index is 1.81. The average molecular weight is 468 g/mol. The van der Waals surface area contributed by atoms with Gasteiger partial charge in [0.1, 0.15) is 11.5 Å². The fourth-order valence-corrected chi connectivity index (χ4v) is 4.62. The molecule has 0 unspecified atom stereocenters. The molecule has 33 heavy (non-hydrogen) atoms. The summed E-state index contributed by atoms with van der Waals surface area (Å²) in [5.74, 6) is 0.0407. The number of carbonyl (C=O) groups excluding carboxylic acids is 1. The molecule has 0 aliphatic carbocycles. The molecule has 0 saturated heterocycles. The summed E-state index contributed by atoms with van der Waals surface area (Å²) in [4.78, 5) is 12.6. The van der Waals surface area contributed by atoms with Crippen LogP contribution in [0.15, 0.2) is 82.8 Å². The molecule has 0 atom stereocenters. The smallest absolute Gasteiger partial charge is 0.255 e. The van der Waals surface area contributed by atoms with Crippen LogP contribution in [0, 0.1) is 6.92 Å². The zero-order valence-electron chi connectivity index (χ0n) is 18.3. The van der Waals surface area contributed by atoms with Crippen LogP contribution in [0.3, 0.4) is 0 Å². The van der Waals surface area contributed by atoms with Crippen LogP contribution in [-0.4, -0.2) is 43.6 Å². The van der Waals surface area contributed by atoms with Crippen LogP contribution in [0.1, 0.15) is 16.7 Å². The third-order valence-corrected chi connectivity index (χ3v) is 6.59. The highest BCUT2D eigenvalue weighted by atomic mass is 32.2. The number of hydrazone groups is 1. The Morgan fingerprint density at radius 3 is 2.52 bits per heavy atom. The minimum Gasteiger partial charge on any atom is -0.508 e. The number of phenols is 1. The van der Waals surface area contributed by atoms with Gasteiger partial charge < -0.3 is 9.84 Å². The monoisotopic (exact) mass is 467 g/mol. The van der Waals surface area contributed by atoms with Gasteiger partial charge in [-0.05, 0) is 53.9 Å². The van der Waals surface area contributed by atoms with E-state index >= 15 is 0 Å². The van der Waals surface area contributed by atoms with Gasteiger partial charge in [-0.2, -0.15) is 9.41 Å². The van der Waals surface area contributed by atoms with E-state index in [1.165, 1.54) is 37.6 Å². The molecule has 8 nitrogen and oxygen atoms in total. The molecule has 9 heteroatoms. The lowest BCUT2D eigenvalue weighted by Gasteiger charge is -2.22. The molecule has 0 aliphatic heterocycles. The van der Waals surface area contributed by atoms with Crippen LogP contribution < -0.4 is 10.2 Å². The van der Waals surface area contributed by atoms with Crippen LogP contribution in [-0.2, 0) is 21.4 Å². The normalized spacial score (nSPS) is 11.6. The van der Waals surface area contributed by atoms with Gasteiger partial charge in [0, 0.05) is 6.54 Å². The number of ether oxygens (including phenoxy) is 1. The van der Waals surface area contributed by atoms with Crippen LogP contribution >= 0.6 is 0 Å². The summed E-state index contributed by atoms with van der Waals surface area (Å²) >= 11 is 0. The Labute approximate surface area is 193 Å². The number of phenolic OH excluding ortho intramolecular Hbond substituents is 1. The molecule has 0 bridgehead atoms. The summed E-state index contributed by atoms with van der Waals surface area (Å²) < 4.78 is 33.1. The zero-order valence-corrected chi connectivity index (χ0v) is 19.1. The number of nitrogens with one attached hydrogen (secondary N) is 1. The summed E-state index contributed by atoms with van der Waals surface area (Å²) in [6.07, 6.45) is 1.36. The molecular formula is C24H25N3O5S. The van der Waals surface area contributed by atoms with Crippen molar-refractivity contribution in [2.45, 2.75) is 18.4 Å². The van der Waals surface area contributed by atoms with Gasteiger partial charge in [0.2, 0.25) is 10.0 Å². The van der Waals surface area contributed by atoms with Gasteiger partial charge in [0.05, 0.1) is 24.8 Å². The van der Waals surface area contributed by atoms with E-state index in [0.29, 0.717) is 16.9 Å². The fraction of sp³-hybridized carbons (Fsp3) is 0.167. The van der Waals surface area contributed by atoms with Crippen LogP contribution in [0.5, 0.6) is 11.5 Å². The molecule has 3 rings (SSSR count). The van der Waals surface area contributed by atoms with Gasteiger partial charge in [-0.3, -0.25) is 4.79 Å². The molecule has 3 aromatic carbocycles. The molecule has 0 heterocycles. The SMILES string of the molecule is COc1ccc(S(=O)(=O)N(CC(=O)N/N=C/c2cccc(O)c2)Cc2ccccc2)cc1C. The van der Waals surface area contributed by atoms with Crippen molar-refractivity contribution in [2.75, 3.05) is 13.7 Å². The summed E-state index contributed by atoms with van der Waals surface area (Å²) in [5, 5.41) is 13.4. The van der Waals surface area contributed by atoms with Crippen LogP contribution in [0.2, 0.25) is 0 Å². The fourth-order valence-electron chi connectivity index (χ4n) is 3.15. The minimum atomic E-state index is -3.99. The quantitative estimate of drug-likeness (QED) is 0.371. The Morgan fingerprint density at radius 1 is 1.09 bits per heavy atom. The summed E-state index contributed by atoms with van der Waals surface area (Å²) in [5.41, 5.74) is 4.33. The number of methoxy groups -OCH3 is 1. The Kier molecular flexibility index (Phi) is 7.81. The summed E-state index contributed by atoms with van der Waals surface area (Å²) in [6.45, 7) is 1.33. The van der Waals surface area contributed by atoms with E-state index in [0.717, 1.165) is 9.87 Å². The molecular weight excluding hydrogens is 442 g/mol. The number of sulfonamides is 1. The second kappa shape index (κ2) is 10.8. The lowest BCUT2D eigenvalue weighted by Crippen LogP contribution is -2.39. The summed E-state index contributed by atoms with van der Waals surface area (Å²) in [6, 6.07) is 19.9. The highest BCUT2D eigenvalue weighted by molar-refractivity contribution is 7.89. The third kappa shape index (κ3) is 6.41. The van der Waals surface area contributed by atoms with Gasteiger partial charge in [0.25, 0.3) is 5.91 Å². The topological polar surface area (TPSA) is 108 Å². The van der Waals surface area contributed by atoms with Crippen molar-refractivity contribution in [1.29, 1.82) is 0 Å². The van der Waals surface area contributed by atoms with Crippen molar-refractivity contribution in [3.8, 4) is 11.5 Å². The molecule has 1 amide bonds. The van der Waals surface area contributed by atoms with Gasteiger partial charge >= 0.3 is 0 Å². The molecule has 2 N–H and O–H groups in total. The van der Waals surface area contributed by atoms with Crippen molar-refractivity contribution >= 4 is 22.1 Å². The first-order valence-corrected chi connectivity index (χ1v) is 11.5. The van der Waals surface area contributed by atoms with Gasteiger partial charge in [-0.1, -0.05) is 42.5 Å². The number of amides is 1. The average Bonchev–Trinajstić information content (AvgIpc) is 2.79. The van der Waals surface area contributed by atoms with Crippen molar-refractivity contribution in [1.82, 2.24) is 9.73 Å². The Morgan fingerprint density at radius 2 is 1.85 bits per heavy atom. The maximum Gasteiger partial charge on any atom is 0.255 e. The summed E-state index contributed by atoms with van der Waals surface area (Å²) in [7, 11) is -2.48. The van der Waals surface area contributed by atoms with E-state index < -0.39 is 22.5 Å². The first kappa shape index (κ1) is 24.0. The molecule has 172 valence electrons. The zero-order chi connectivity index (χ0) is 23.8. The lowest BCUT2D eigenvalue weighted by atomic mass is 10.2. The molecule has 0 fully saturated rings. The van der Waals surface area contributed by atoms with Crippen molar-refractivity contribution in [2.24, 2.45) is 5.10 Å². The van der Waals surface area contributed by atoms with E-state index in [4.69, 9.17) is 4.74 Å². The van der Waals surface area contributed by atoms with Gasteiger partial charge in [-0.25, -0.2) is 13.8 Å². The maximum absolute atomic E-state index is 13.4. The highest BCUT2D eigenvalue weighted by Gasteiger charge is 2.27. The minimum absolute atomic E-state index is 0.0118. The van der Waals surface area contributed by atoms with Crippen molar-refractivity contribution < 1.29 is 23.1 Å². The second-order valence-electron chi connectivity index (χ2n) is 7.28. The lowest BCUT2D eigenvalue weighted by molar-refractivity contribution is -0.121. The molecule has 0 saturated carbocycles. The number of nitrogens with zero attached hydrogens (tertiary/aromatic N) is 2. The van der Waals surface area contributed by atoms with Crippen LogP contribution in [0.4, 0.5) is 0 Å². The second-order valence-corrected chi connectivity index (χ2v) is 9.22. The number of hydrogen-bond acceptors (Lipinski definition) is 6. The molecule has 0 radical (unpaired) electrons. The maximum atomic E-state index is 13.4. The molecule has 0 spiro atoms. The van der Waals surface area contributed by atoms with E-state index in [2.05, 4.69) is 10.5 Å². The molecule has 0 aromatic heterocycles.